The molecule has 18 heavy (non-hydrogen) atoms. The summed E-state index contributed by atoms with van der Waals surface area (Å²) in [6.45, 7) is 7.59. The number of hydrogen-bond acceptors (Lipinski definition) is 3. The van der Waals surface area contributed by atoms with Crippen LogP contribution in [0.5, 0.6) is 0 Å². The van der Waals surface area contributed by atoms with E-state index in [0.29, 0.717) is 6.42 Å². The number of nitrogens with zero attached hydrogens (tertiary/aromatic N) is 1. The van der Waals surface area contributed by atoms with Crippen molar-refractivity contribution in [3.05, 3.63) is 0 Å². The summed E-state index contributed by atoms with van der Waals surface area (Å²) in [7, 11) is 1.68. The predicted molar refractivity (Wildman–Crippen MR) is 71.5 cm³/mol. The Labute approximate surface area is 110 Å². The second kappa shape index (κ2) is 8.08. The van der Waals surface area contributed by atoms with E-state index in [-0.39, 0.29) is 11.9 Å². The fraction of sp³-hybridized carbons (Fsp3) is 0.846. The zero-order valence-electron chi connectivity index (χ0n) is 12.1. The van der Waals surface area contributed by atoms with Gasteiger partial charge in [0.05, 0.1) is 6.04 Å². The van der Waals surface area contributed by atoms with E-state index >= 15 is 0 Å². The zero-order chi connectivity index (χ0) is 14.3. The van der Waals surface area contributed by atoms with Crippen LogP contribution in [0.3, 0.4) is 0 Å². The van der Waals surface area contributed by atoms with Crippen molar-refractivity contribution in [1.29, 1.82) is 0 Å². The zero-order valence-corrected chi connectivity index (χ0v) is 12.1. The lowest BCUT2D eigenvalue weighted by Gasteiger charge is -2.30. The van der Waals surface area contributed by atoms with Crippen LogP contribution in [0.4, 0.5) is 0 Å². The number of amides is 1. The minimum absolute atomic E-state index is 0.106. The van der Waals surface area contributed by atoms with Crippen molar-refractivity contribution in [2.24, 2.45) is 0 Å². The van der Waals surface area contributed by atoms with Crippen LogP contribution in [0.25, 0.3) is 0 Å². The number of carbonyl (C=O) groups is 2. The SMILES string of the molecule is CCC(CC)NC(=O)C(C)N(C)C(CC)C(=O)O. The van der Waals surface area contributed by atoms with Crippen LogP contribution < -0.4 is 5.32 Å². The van der Waals surface area contributed by atoms with Gasteiger partial charge in [0.25, 0.3) is 0 Å². The summed E-state index contributed by atoms with van der Waals surface area (Å²) in [5.74, 6) is -0.993. The van der Waals surface area contributed by atoms with Crippen molar-refractivity contribution >= 4 is 11.9 Å². The van der Waals surface area contributed by atoms with Crippen molar-refractivity contribution < 1.29 is 14.7 Å². The predicted octanol–water partition coefficient (Wildman–Crippen LogP) is 1.47. The topological polar surface area (TPSA) is 69.6 Å². The molecule has 2 atom stereocenters. The van der Waals surface area contributed by atoms with Crippen molar-refractivity contribution in [2.45, 2.75) is 65.1 Å². The lowest BCUT2D eigenvalue weighted by atomic mass is 10.1. The van der Waals surface area contributed by atoms with Crippen LogP contribution in [-0.4, -0.2) is 47.1 Å². The molecule has 0 rings (SSSR count). The van der Waals surface area contributed by atoms with E-state index < -0.39 is 18.1 Å². The second-order valence-electron chi connectivity index (χ2n) is 4.63. The molecule has 0 aliphatic carbocycles. The summed E-state index contributed by atoms with van der Waals surface area (Å²) < 4.78 is 0. The summed E-state index contributed by atoms with van der Waals surface area (Å²) in [5, 5.41) is 12.0. The smallest absolute Gasteiger partial charge is 0.320 e. The van der Waals surface area contributed by atoms with Gasteiger partial charge < -0.3 is 10.4 Å². The van der Waals surface area contributed by atoms with Crippen LogP contribution >= 0.6 is 0 Å². The number of aliphatic carboxylic acids is 1. The molecule has 0 bridgehead atoms. The Bertz CT molecular complexity index is 277. The quantitative estimate of drug-likeness (QED) is 0.692. The van der Waals surface area contributed by atoms with E-state index in [1.54, 1.807) is 25.8 Å². The van der Waals surface area contributed by atoms with Crippen LogP contribution in [0.15, 0.2) is 0 Å². The van der Waals surface area contributed by atoms with Crippen molar-refractivity contribution in [2.75, 3.05) is 7.05 Å². The standard InChI is InChI=1S/C13H26N2O3/c1-6-10(7-2)14-12(16)9(4)15(5)11(8-3)13(17)18/h9-11H,6-8H2,1-5H3,(H,14,16)(H,17,18). The third-order valence-electron chi connectivity index (χ3n) is 3.49. The van der Waals surface area contributed by atoms with Gasteiger partial charge in [0.2, 0.25) is 5.91 Å². The van der Waals surface area contributed by atoms with Crippen LogP contribution in [0.2, 0.25) is 0 Å². The normalized spacial score (nSPS) is 14.6. The molecule has 0 spiro atoms. The molecule has 0 aliphatic heterocycles. The van der Waals surface area contributed by atoms with Gasteiger partial charge in [-0.25, -0.2) is 0 Å². The van der Waals surface area contributed by atoms with Gasteiger partial charge in [-0.05, 0) is 33.2 Å². The number of carbonyl (C=O) groups excluding carboxylic acids is 1. The molecule has 1 amide bonds. The van der Waals surface area contributed by atoms with Gasteiger partial charge >= 0.3 is 5.97 Å². The van der Waals surface area contributed by atoms with Gasteiger partial charge in [-0.1, -0.05) is 20.8 Å². The molecule has 106 valence electrons. The summed E-state index contributed by atoms with van der Waals surface area (Å²) >= 11 is 0. The van der Waals surface area contributed by atoms with E-state index in [4.69, 9.17) is 5.11 Å². The van der Waals surface area contributed by atoms with E-state index in [1.807, 2.05) is 13.8 Å². The van der Waals surface area contributed by atoms with E-state index in [1.165, 1.54) is 0 Å². The molecule has 0 saturated carbocycles. The molecule has 0 radical (unpaired) electrons. The molecule has 0 fully saturated rings. The highest BCUT2D eigenvalue weighted by atomic mass is 16.4. The Morgan fingerprint density at radius 1 is 1.17 bits per heavy atom. The highest BCUT2D eigenvalue weighted by Crippen LogP contribution is 2.08. The highest BCUT2D eigenvalue weighted by Gasteiger charge is 2.28. The Kier molecular flexibility index (Phi) is 7.59. The van der Waals surface area contributed by atoms with Crippen molar-refractivity contribution in [3.8, 4) is 0 Å². The molecular weight excluding hydrogens is 232 g/mol. The molecule has 0 aromatic heterocycles. The Morgan fingerprint density at radius 3 is 2.00 bits per heavy atom. The van der Waals surface area contributed by atoms with Crippen molar-refractivity contribution in [1.82, 2.24) is 10.2 Å². The maximum absolute atomic E-state index is 12.0. The lowest BCUT2D eigenvalue weighted by molar-refractivity contribution is -0.144. The minimum atomic E-state index is -0.887. The molecule has 0 aromatic rings. The fourth-order valence-corrected chi connectivity index (χ4v) is 1.91. The molecule has 5 nitrogen and oxygen atoms in total. The summed E-state index contributed by atoms with van der Waals surface area (Å²) in [6, 6.07) is -0.891. The first kappa shape index (κ1) is 16.9. The van der Waals surface area contributed by atoms with E-state index in [9.17, 15) is 9.59 Å². The first-order valence-corrected chi connectivity index (χ1v) is 6.63. The fourth-order valence-electron chi connectivity index (χ4n) is 1.91. The second-order valence-corrected chi connectivity index (χ2v) is 4.63. The van der Waals surface area contributed by atoms with Crippen LogP contribution in [0, 0.1) is 0 Å². The highest BCUT2D eigenvalue weighted by molar-refractivity contribution is 5.82. The third-order valence-corrected chi connectivity index (χ3v) is 3.49. The molecule has 2 N–H and O–H groups in total. The molecule has 5 heteroatoms. The Hall–Kier alpha value is -1.10. The van der Waals surface area contributed by atoms with Gasteiger partial charge in [-0.3, -0.25) is 14.5 Å². The van der Waals surface area contributed by atoms with Crippen LogP contribution in [-0.2, 0) is 9.59 Å². The van der Waals surface area contributed by atoms with Gasteiger partial charge in [0.1, 0.15) is 6.04 Å². The number of carboxylic acids is 1. The number of rotatable bonds is 8. The monoisotopic (exact) mass is 258 g/mol. The maximum Gasteiger partial charge on any atom is 0.320 e. The van der Waals surface area contributed by atoms with Gasteiger partial charge in [-0.15, -0.1) is 0 Å². The molecule has 0 aliphatic rings. The van der Waals surface area contributed by atoms with Gasteiger partial charge in [0.15, 0.2) is 0 Å². The van der Waals surface area contributed by atoms with E-state index in [2.05, 4.69) is 5.32 Å². The summed E-state index contributed by atoms with van der Waals surface area (Å²) in [6.07, 6.45) is 2.25. The minimum Gasteiger partial charge on any atom is -0.480 e. The molecule has 0 aromatic carbocycles. The van der Waals surface area contributed by atoms with E-state index in [0.717, 1.165) is 12.8 Å². The average molecular weight is 258 g/mol. The first-order chi connectivity index (χ1) is 8.38. The Balaban J connectivity index is 4.57. The van der Waals surface area contributed by atoms with Crippen molar-refractivity contribution in [3.63, 3.8) is 0 Å². The summed E-state index contributed by atoms with van der Waals surface area (Å²) in [4.78, 5) is 24.7. The largest absolute Gasteiger partial charge is 0.480 e. The number of nitrogens with one attached hydrogen (secondary N) is 1. The number of carboxylic acid groups (broad SMARTS) is 1. The Morgan fingerprint density at radius 2 is 1.67 bits per heavy atom. The first-order valence-electron chi connectivity index (χ1n) is 6.63. The van der Waals surface area contributed by atoms with Gasteiger partial charge in [0, 0.05) is 6.04 Å². The average Bonchev–Trinajstić information content (AvgIpc) is 2.34. The van der Waals surface area contributed by atoms with Gasteiger partial charge in [-0.2, -0.15) is 0 Å². The molecular formula is C13H26N2O3. The third kappa shape index (κ3) is 4.64. The maximum atomic E-state index is 12.0. The number of likely N-dealkylation sites (N-methyl/N-ethyl adjacent to an activating group) is 1. The molecule has 2 unspecified atom stereocenters. The molecule has 0 heterocycles. The lowest BCUT2D eigenvalue weighted by Crippen LogP contribution is -2.51. The summed E-state index contributed by atoms with van der Waals surface area (Å²) in [5.41, 5.74) is 0. The number of hydrogen-bond donors (Lipinski definition) is 2. The van der Waals surface area contributed by atoms with Crippen LogP contribution in [0.1, 0.15) is 47.0 Å². The molecule has 0 saturated heterocycles.